The van der Waals surface area contributed by atoms with Gasteiger partial charge in [0, 0.05) is 38.6 Å². The molecule has 3 aliphatic rings. The average Bonchev–Trinajstić information content (AvgIpc) is 3.56. The van der Waals surface area contributed by atoms with Gasteiger partial charge in [-0.25, -0.2) is 19.7 Å². The number of nitrogens with one attached hydrogen (secondary N) is 3. The number of anilines is 3. The van der Waals surface area contributed by atoms with E-state index in [0.717, 1.165) is 67.7 Å². The van der Waals surface area contributed by atoms with E-state index in [2.05, 4.69) is 43.0 Å². The van der Waals surface area contributed by atoms with Crippen molar-refractivity contribution in [2.24, 2.45) is 5.92 Å². The van der Waals surface area contributed by atoms with Crippen molar-refractivity contribution in [2.45, 2.75) is 76.8 Å². The molecule has 3 aromatic rings. The molecule has 3 aliphatic heterocycles. The number of likely N-dealkylation sites (tertiary alicyclic amines) is 1. The zero-order chi connectivity index (χ0) is 27.7. The molecule has 11 nitrogen and oxygen atoms in total. The number of hydrogen-bond acceptors (Lipinski definition) is 9. The van der Waals surface area contributed by atoms with Gasteiger partial charge in [0.1, 0.15) is 23.8 Å². The molecule has 2 saturated heterocycles. The minimum Gasteiger partial charge on any atom is -0.444 e. The van der Waals surface area contributed by atoms with Crippen LogP contribution in [0.2, 0.25) is 0 Å². The molecule has 1 unspecified atom stereocenters. The summed E-state index contributed by atoms with van der Waals surface area (Å²) in [6, 6.07) is 8.28. The highest BCUT2D eigenvalue weighted by Gasteiger charge is 2.45. The van der Waals surface area contributed by atoms with Crippen LogP contribution in [0.15, 0.2) is 36.9 Å². The molecule has 40 heavy (non-hydrogen) atoms. The average molecular weight is 549 g/mol. The van der Waals surface area contributed by atoms with E-state index in [1.54, 1.807) is 6.33 Å². The Morgan fingerprint density at radius 3 is 2.65 bits per heavy atom. The van der Waals surface area contributed by atoms with Gasteiger partial charge in [0.25, 0.3) is 0 Å². The Bertz CT molecular complexity index is 1320. The van der Waals surface area contributed by atoms with Crippen molar-refractivity contribution in [1.29, 1.82) is 0 Å². The van der Waals surface area contributed by atoms with Gasteiger partial charge in [-0.2, -0.15) is 0 Å². The maximum atomic E-state index is 13.0. The summed E-state index contributed by atoms with van der Waals surface area (Å²) in [5.74, 6) is 0.889. The number of nitrogens with zero attached hydrogens (tertiary/aromatic N) is 5. The summed E-state index contributed by atoms with van der Waals surface area (Å²) < 4.78 is 13.7. The summed E-state index contributed by atoms with van der Waals surface area (Å²) in [4.78, 5) is 28.5. The minimum absolute atomic E-state index is 0.0330. The summed E-state index contributed by atoms with van der Waals surface area (Å²) in [6.07, 6.45) is 8.98. The largest absolute Gasteiger partial charge is 0.444 e. The minimum atomic E-state index is -0.523. The van der Waals surface area contributed by atoms with E-state index in [0.29, 0.717) is 25.5 Å². The predicted octanol–water partition coefficient (Wildman–Crippen LogP) is 5.21. The molecule has 1 aromatic carbocycles. The lowest BCUT2D eigenvalue weighted by Crippen LogP contribution is -2.56. The number of rotatable bonds is 6. The molecule has 11 heteroatoms. The van der Waals surface area contributed by atoms with Gasteiger partial charge < -0.3 is 30.3 Å². The van der Waals surface area contributed by atoms with Crippen molar-refractivity contribution in [2.75, 3.05) is 42.2 Å². The maximum absolute atomic E-state index is 13.0. The van der Waals surface area contributed by atoms with Gasteiger partial charge in [-0.1, -0.05) is 12.1 Å². The summed E-state index contributed by atoms with van der Waals surface area (Å²) in [5.41, 5.74) is 2.72. The van der Waals surface area contributed by atoms with Gasteiger partial charge in [0.05, 0.1) is 17.7 Å². The van der Waals surface area contributed by atoms with Crippen LogP contribution in [-0.4, -0.2) is 68.0 Å². The quantitative estimate of drug-likeness (QED) is 0.381. The van der Waals surface area contributed by atoms with Crippen molar-refractivity contribution in [1.82, 2.24) is 24.4 Å². The highest BCUT2D eigenvalue weighted by Crippen LogP contribution is 2.42. The number of benzene rings is 1. The van der Waals surface area contributed by atoms with Crippen molar-refractivity contribution in [3.05, 3.63) is 36.9 Å². The molecule has 6 rings (SSSR count). The first-order chi connectivity index (χ1) is 19.3. The number of carbonyl (C=O) groups is 1. The van der Waals surface area contributed by atoms with Crippen molar-refractivity contribution >= 4 is 34.4 Å². The molecule has 2 atom stereocenters. The lowest BCUT2D eigenvalue weighted by molar-refractivity contribution is -0.0298. The zero-order valence-electron chi connectivity index (χ0n) is 23.7. The Balaban J connectivity index is 1.19. The summed E-state index contributed by atoms with van der Waals surface area (Å²) in [7, 11) is 0. The number of ether oxygens (including phenoxy) is 2. The van der Waals surface area contributed by atoms with Gasteiger partial charge in [-0.05, 0) is 65.0 Å². The number of carbonyl (C=O) groups excluding carboxylic acids is 1. The van der Waals surface area contributed by atoms with E-state index in [1.807, 2.05) is 48.7 Å². The van der Waals surface area contributed by atoms with Gasteiger partial charge in [-0.15, -0.1) is 0 Å². The first kappa shape index (κ1) is 26.6. The second-order valence-electron chi connectivity index (χ2n) is 12.1. The molecule has 5 heterocycles. The SMILES string of the molecule is CC(C)(C)OC(=O)N1CCC[C@@H](C2(CCNc3ncnc4c3ncn4C3CCCCO3)Nc3ccccc3N2)C1. The molecule has 1 amide bonds. The fourth-order valence-electron chi connectivity index (χ4n) is 6.13. The Morgan fingerprint density at radius 2 is 1.93 bits per heavy atom. The molecular weight excluding hydrogens is 508 g/mol. The first-order valence-corrected chi connectivity index (χ1v) is 14.5. The molecule has 2 aromatic heterocycles. The van der Waals surface area contributed by atoms with Gasteiger partial charge in [0.2, 0.25) is 0 Å². The van der Waals surface area contributed by atoms with E-state index in [9.17, 15) is 4.79 Å². The van der Waals surface area contributed by atoms with Crippen LogP contribution >= 0.6 is 0 Å². The monoisotopic (exact) mass is 548 g/mol. The van der Waals surface area contributed by atoms with Crippen LogP contribution in [-0.2, 0) is 9.47 Å². The molecule has 0 saturated carbocycles. The van der Waals surface area contributed by atoms with E-state index >= 15 is 0 Å². The Kier molecular flexibility index (Phi) is 7.16. The van der Waals surface area contributed by atoms with E-state index < -0.39 is 11.3 Å². The van der Waals surface area contributed by atoms with E-state index in [4.69, 9.17) is 9.47 Å². The highest BCUT2D eigenvalue weighted by atomic mass is 16.6. The number of fused-ring (bicyclic) bond motifs is 2. The lowest BCUT2D eigenvalue weighted by atomic mass is 9.83. The smallest absolute Gasteiger partial charge is 0.410 e. The normalized spacial score (nSPS) is 22.3. The fraction of sp³-hybridized carbons (Fsp3) is 0.586. The third-order valence-electron chi connectivity index (χ3n) is 8.05. The van der Waals surface area contributed by atoms with Crippen LogP contribution in [0.5, 0.6) is 0 Å². The molecule has 3 N–H and O–H groups in total. The lowest BCUT2D eigenvalue weighted by Gasteiger charge is -2.44. The molecule has 0 aliphatic carbocycles. The van der Waals surface area contributed by atoms with Gasteiger partial charge >= 0.3 is 6.09 Å². The van der Waals surface area contributed by atoms with Crippen LogP contribution in [0, 0.1) is 5.92 Å². The Labute approximate surface area is 235 Å². The number of imidazole rings is 1. The van der Waals surface area contributed by atoms with Crippen molar-refractivity contribution < 1.29 is 14.3 Å². The first-order valence-electron chi connectivity index (χ1n) is 14.5. The molecule has 0 spiro atoms. The molecular formula is C29H40N8O3. The second-order valence-corrected chi connectivity index (χ2v) is 12.1. The summed E-state index contributed by atoms with van der Waals surface area (Å²) in [5, 5.41) is 11.1. The maximum Gasteiger partial charge on any atom is 0.410 e. The van der Waals surface area contributed by atoms with Crippen LogP contribution in [0.4, 0.5) is 22.0 Å². The van der Waals surface area contributed by atoms with Crippen molar-refractivity contribution in [3.8, 4) is 0 Å². The van der Waals surface area contributed by atoms with Crippen molar-refractivity contribution in [3.63, 3.8) is 0 Å². The van der Waals surface area contributed by atoms with E-state index in [-0.39, 0.29) is 18.2 Å². The number of amides is 1. The Hall–Kier alpha value is -3.60. The van der Waals surface area contributed by atoms with Crippen LogP contribution in [0.25, 0.3) is 11.2 Å². The highest BCUT2D eigenvalue weighted by molar-refractivity contribution is 5.82. The number of hydrogen-bond donors (Lipinski definition) is 3. The zero-order valence-corrected chi connectivity index (χ0v) is 23.7. The van der Waals surface area contributed by atoms with Gasteiger partial charge in [0.15, 0.2) is 17.0 Å². The predicted molar refractivity (Wildman–Crippen MR) is 154 cm³/mol. The van der Waals surface area contributed by atoms with Crippen LogP contribution < -0.4 is 16.0 Å². The molecule has 0 radical (unpaired) electrons. The second kappa shape index (κ2) is 10.8. The van der Waals surface area contributed by atoms with Gasteiger partial charge in [-0.3, -0.25) is 4.57 Å². The van der Waals surface area contributed by atoms with Crippen LogP contribution in [0.1, 0.15) is 65.5 Å². The third kappa shape index (κ3) is 5.39. The number of para-hydroxylation sites is 2. The number of aromatic nitrogens is 4. The molecule has 214 valence electrons. The summed E-state index contributed by atoms with van der Waals surface area (Å²) >= 11 is 0. The van der Waals surface area contributed by atoms with Crippen LogP contribution in [0.3, 0.4) is 0 Å². The summed E-state index contributed by atoms with van der Waals surface area (Å²) in [6.45, 7) is 8.46. The topological polar surface area (TPSA) is 118 Å². The Morgan fingerprint density at radius 1 is 1.12 bits per heavy atom. The molecule has 2 fully saturated rings. The fourth-order valence-corrected chi connectivity index (χ4v) is 6.13. The third-order valence-corrected chi connectivity index (χ3v) is 8.05. The number of piperidine rings is 1. The van der Waals surface area contributed by atoms with E-state index in [1.165, 1.54) is 0 Å². The standard InChI is InChI=1S/C29H40N8O3/c1-28(2,3)40-27(38)36-15-8-9-20(17-36)29(34-21-10-4-5-11-22(21)35-29)13-14-30-25-24-26(32-18-31-25)37(19-33-24)23-12-6-7-16-39-23/h4-5,10-11,18-20,23,34-35H,6-9,12-17H2,1-3H3,(H,30,31,32)/t20-,23?/m1/s1. The molecule has 0 bridgehead atoms.